The predicted octanol–water partition coefficient (Wildman–Crippen LogP) is 6.53. The molecule has 31 heavy (non-hydrogen) atoms. The highest BCUT2D eigenvalue weighted by Crippen LogP contribution is 2.46. The van der Waals surface area contributed by atoms with Crippen LogP contribution >= 0.6 is 11.6 Å². The summed E-state index contributed by atoms with van der Waals surface area (Å²) in [6.07, 6.45) is 5.71. The number of aryl methyl sites for hydroxylation is 1. The molecule has 0 amide bonds. The molecule has 0 radical (unpaired) electrons. The highest BCUT2D eigenvalue weighted by Gasteiger charge is 2.37. The maximum Gasteiger partial charge on any atom is 0.331 e. The lowest BCUT2D eigenvalue weighted by Gasteiger charge is -2.23. The quantitative estimate of drug-likeness (QED) is 0.420. The molecule has 0 aliphatic carbocycles. The van der Waals surface area contributed by atoms with E-state index in [-0.39, 0.29) is 5.41 Å². The summed E-state index contributed by atoms with van der Waals surface area (Å²) in [6.45, 7) is 6.93. The molecule has 160 valence electrons. The zero-order chi connectivity index (χ0) is 22.3. The van der Waals surface area contributed by atoms with Gasteiger partial charge >= 0.3 is 5.95 Å². The molecule has 3 nitrogen and oxygen atoms in total. The van der Waals surface area contributed by atoms with Crippen molar-refractivity contribution in [1.29, 1.82) is 0 Å². The summed E-state index contributed by atoms with van der Waals surface area (Å²) in [5, 5.41) is -1.37. The van der Waals surface area contributed by atoms with Crippen molar-refractivity contribution >= 4 is 40.3 Å². The average molecular weight is 441 g/mol. The van der Waals surface area contributed by atoms with Crippen molar-refractivity contribution in [3.8, 4) is 0 Å². The van der Waals surface area contributed by atoms with Crippen LogP contribution in [0.5, 0.6) is 0 Å². The van der Waals surface area contributed by atoms with E-state index in [2.05, 4.69) is 30.9 Å². The van der Waals surface area contributed by atoms with Gasteiger partial charge in [-0.15, -0.1) is 0 Å². The van der Waals surface area contributed by atoms with Crippen LogP contribution in [0.2, 0.25) is 0 Å². The predicted molar refractivity (Wildman–Crippen MR) is 124 cm³/mol. The van der Waals surface area contributed by atoms with E-state index >= 15 is 0 Å². The summed E-state index contributed by atoms with van der Waals surface area (Å²) in [7, 11) is 2.04. The first-order chi connectivity index (χ1) is 14.8. The SMILES string of the molecule is CC[n+]1c(C=CC=C2N(C)c3ccccc3C2(C)C)n(C(F)=C(F)Cl)c2ccccc21. The summed E-state index contributed by atoms with van der Waals surface area (Å²) < 4.78 is 31.6. The smallest absolute Gasteiger partial charge is 0.331 e. The van der Waals surface area contributed by atoms with Gasteiger partial charge in [0.1, 0.15) is 0 Å². The van der Waals surface area contributed by atoms with Crippen molar-refractivity contribution in [3.05, 3.63) is 83.1 Å². The molecular formula is C25H25ClF2N3+. The van der Waals surface area contributed by atoms with Gasteiger partial charge in [-0.1, -0.05) is 50.3 Å². The van der Waals surface area contributed by atoms with E-state index in [9.17, 15) is 8.78 Å². The lowest BCUT2D eigenvalue weighted by atomic mass is 9.84. The second-order valence-electron chi connectivity index (χ2n) is 8.09. The molecule has 2 heterocycles. The molecule has 1 aliphatic rings. The standard InChI is InChI=1S/C25H25ClF2N3/c1-5-30-19-13-8-9-14-20(19)31(24(28)23(26)27)22(30)16-10-15-21-25(2,3)17-11-6-7-12-18(17)29(21)4/h6-16H,5H2,1-4H3/q+1. The van der Waals surface area contributed by atoms with Crippen LogP contribution < -0.4 is 9.47 Å². The average Bonchev–Trinajstić information content (AvgIpc) is 3.17. The molecule has 0 saturated heterocycles. The number of para-hydroxylation sites is 3. The fourth-order valence-electron chi connectivity index (χ4n) is 4.56. The summed E-state index contributed by atoms with van der Waals surface area (Å²) in [6, 6.07) is 15.6. The molecule has 0 unspecified atom stereocenters. The largest absolute Gasteiger partial charge is 0.347 e. The van der Waals surface area contributed by atoms with Crippen LogP contribution in [-0.2, 0) is 12.0 Å². The highest BCUT2D eigenvalue weighted by molar-refractivity contribution is 6.30. The molecule has 0 fully saturated rings. The third kappa shape index (κ3) is 3.37. The highest BCUT2D eigenvalue weighted by atomic mass is 35.5. The normalized spacial score (nSPS) is 17.6. The molecular weight excluding hydrogens is 416 g/mol. The number of fused-ring (bicyclic) bond motifs is 2. The number of imidazole rings is 1. The van der Waals surface area contributed by atoms with Crippen LogP contribution in [-0.4, -0.2) is 11.6 Å². The molecule has 4 rings (SSSR count). The van der Waals surface area contributed by atoms with Gasteiger partial charge in [-0.3, -0.25) is 0 Å². The Balaban J connectivity index is 1.85. The Bertz CT molecular complexity index is 1250. The Labute approximate surface area is 186 Å². The van der Waals surface area contributed by atoms with E-state index < -0.39 is 11.2 Å². The van der Waals surface area contributed by atoms with Crippen molar-refractivity contribution in [2.75, 3.05) is 11.9 Å². The fourth-order valence-corrected chi connectivity index (χ4v) is 4.65. The van der Waals surface area contributed by atoms with Gasteiger partial charge in [-0.2, -0.15) is 13.3 Å². The molecule has 0 atom stereocenters. The van der Waals surface area contributed by atoms with Gasteiger partial charge in [-0.05, 0) is 48.4 Å². The van der Waals surface area contributed by atoms with Crippen LogP contribution in [0, 0.1) is 0 Å². The van der Waals surface area contributed by atoms with Gasteiger partial charge in [0.2, 0.25) is 0 Å². The number of benzene rings is 2. The molecule has 1 aliphatic heterocycles. The Morgan fingerprint density at radius 1 is 1.10 bits per heavy atom. The maximum atomic E-state index is 14.8. The third-order valence-electron chi connectivity index (χ3n) is 6.03. The van der Waals surface area contributed by atoms with Gasteiger partial charge in [-0.25, -0.2) is 4.57 Å². The number of aromatic nitrogens is 2. The molecule has 0 spiro atoms. The summed E-state index contributed by atoms with van der Waals surface area (Å²) >= 11 is 5.40. The van der Waals surface area contributed by atoms with Crippen molar-refractivity contribution in [1.82, 2.24) is 4.57 Å². The first-order valence-electron chi connectivity index (χ1n) is 10.3. The van der Waals surface area contributed by atoms with E-state index in [1.54, 1.807) is 18.2 Å². The van der Waals surface area contributed by atoms with Crippen LogP contribution in [0.15, 0.2) is 71.7 Å². The third-order valence-corrected chi connectivity index (χ3v) is 6.18. The Morgan fingerprint density at radius 3 is 2.45 bits per heavy atom. The van der Waals surface area contributed by atoms with Crippen LogP contribution in [0.4, 0.5) is 14.5 Å². The van der Waals surface area contributed by atoms with Crippen LogP contribution in [0.25, 0.3) is 23.1 Å². The molecule has 0 saturated carbocycles. The number of nitrogens with zero attached hydrogens (tertiary/aromatic N) is 3. The topological polar surface area (TPSA) is 12.1 Å². The van der Waals surface area contributed by atoms with E-state index in [0.717, 1.165) is 11.2 Å². The lowest BCUT2D eigenvalue weighted by Crippen LogP contribution is -2.35. The van der Waals surface area contributed by atoms with Gasteiger partial charge in [0, 0.05) is 29.9 Å². The Hall–Kier alpha value is -2.92. The molecule has 0 bridgehead atoms. The summed E-state index contributed by atoms with van der Waals surface area (Å²) in [5.74, 6) is -0.618. The molecule has 6 heteroatoms. The number of allylic oxidation sites excluding steroid dienone is 3. The van der Waals surface area contributed by atoms with Gasteiger partial charge in [0.25, 0.3) is 11.1 Å². The van der Waals surface area contributed by atoms with Crippen molar-refractivity contribution in [2.24, 2.45) is 0 Å². The van der Waals surface area contributed by atoms with E-state index in [4.69, 9.17) is 11.6 Å². The minimum atomic E-state index is -1.37. The van der Waals surface area contributed by atoms with Gasteiger partial charge < -0.3 is 4.90 Å². The van der Waals surface area contributed by atoms with Crippen molar-refractivity contribution < 1.29 is 13.3 Å². The zero-order valence-corrected chi connectivity index (χ0v) is 18.8. The first kappa shape index (κ1) is 21.3. The summed E-state index contributed by atoms with van der Waals surface area (Å²) in [5.41, 5.74) is 4.73. The second kappa shape index (κ2) is 7.97. The zero-order valence-electron chi connectivity index (χ0n) is 18.0. The number of halogens is 3. The first-order valence-corrected chi connectivity index (χ1v) is 10.6. The van der Waals surface area contributed by atoms with Crippen molar-refractivity contribution in [2.45, 2.75) is 32.7 Å². The van der Waals surface area contributed by atoms with Gasteiger partial charge in [0.15, 0.2) is 11.0 Å². The minimum Gasteiger partial charge on any atom is -0.347 e. The monoisotopic (exact) mass is 440 g/mol. The molecule has 1 aromatic heterocycles. The molecule has 3 aromatic rings. The number of hydrogen-bond acceptors (Lipinski definition) is 1. The van der Waals surface area contributed by atoms with E-state index in [1.165, 1.54) is 15.8 Å². The van der Waals surface area contributed by atoms with Crippen molar-refractivity contribution in [3.63, 3.8) is 0 Å². The maximum absolute atomic E-state index is 14.8. The minimum absolute atomic E-state index is 0.170. The van der Waals surface area contributed by atoms with E-state index in [0.29, 0.717) is 17.9 Å². The number of hydrogen-bond donors (Lipinski definition) is 0. The Morgan fingerprint density at radius 2 is 1.77 bits per heavy atom. The second-order valence-corrected chi connectivity index (χ2v) is 8.42. The number of likely N-dealkylation sites (N-methyl/N-ethyl adjacent to an activating group) is 1. The van der Waals surface area contributed by atoms with Crippen LogP contribution in [0.3, 0.4) is 0 Å². The van der Waals surface area contributed by atoms with E-state index in [1.807, 2.05) is 55.0 Å². The number of rotatable bonds is 4. The molecule has 0 N–H and O–H groups in total. The lowest BCUT2D eigenvalue weighted by molar-refractivity contribution is -0.670. The fraction of sp³-hybridized carbons (Fsp3) is 0.240. The molecule has 2 aromatic carbocycles. The van der Waals surface area contributed by atoms with Crippen LogP contribution in [0.1, 0.15) is 32.2 Å². The number of anilines is 1. The summed E-state index contributed by atoms with van der Waals surface area (Å²) in [4.78, 5) is 2.17. The Kier molecular flexibility index (Phi) is 5.48. The van der Waals surface area contributed by atoms with Gasteiger partial charge in [0.05, 0.1) is 6.54 Å².